The van der Waals surface area contributed by atoms with Gasteiger partial charge in [-0.25, -0.2) is 0 Å². The standard InChI is InChI=1S/C16H15BrN2O2/c1-10-6-7-14(8-11(10)2)19-16(21)15(20)18-13-5-3-4-12(17)9-13/h3-9H,1-2H3,(H,18,20)(H,19,21). The lowest BCUT2D eigenvalue weighted by Crippen LogP contribution is -2.29. The zero-order valence-electron chi connectivity index (χ0n) is 11.7. The van der Waals surface area contributed by atoms with Crippen LogP contribution in [0.3, 0.4) is 0 Å². The molecule has 5 heteroatoms. The molecule has 2 N–H and O–H groups in total. The lowest BCUT2D eigenvalue weighted by atomic mass is 10.1. The highest BCUT2D eigenvalue weighted by Gasteiger charge is 2.14. The minimum Gasteiger partial charge on any atom is -0.318 e. The predicted octanol–water partition coefficient (Wildman–Crippen LogP) is 3.64. The van der Waals surface area contributed by atoms with Crippen molar-refractivity contribution in [2.24, 2.45) is 0 Å². The Labute approximate surface area is 131 Å². The van der Waals surface area contributed by atoms with Crippen LogP contribution >= 0.6 is 15.9 Å². The van der Waals surface area contributed by atoms with E-state index in [1.807, 2.05) is 32.0 Å². The van der Waals surface area contributed by atoms with Crippen molar-refractivity contribution >= 4 is 39.1 Å². The Bertz CT molecular complexity index is 698. The Hall–Kier alpha value is -2.14. The van der Waals surface area contributed by atoms with Crippen LogP contribution in [-0.2, 0) is 9.59 Å². The van der Waals surface area contributed by atoms with Gasteiger partial charge in [0.1, 0.15) is 0 Å². The van der Waals surface area contributed by atoms with E-state index in [0.717, 1.165) is 15.6 Å². The van der Waals surface area contributed by atoms with Gasteiger partial charge in [-0.3, -0.25) is 9.59 Å². The first-order chi connectivity index (χ1) is 9.95. The fraction of sp³-hybridized carbons (Fsp3) is 0.125. The Morgan fingerprint density at radius 2 is 1.48 bits per heavy atom. The van der Waals surface area contributed by atoms with Gasteiger partial charge in [0.15, 0.2) is 0 Å². The fourth-order valence-corrected chi connectivity index (χ4v) is 2.16. The maximum Gasteiger partial charge on any atom is 0.314 e. The van der Waals surface area contributed by atoms with E-state index < -0.39 is 11.8 Å². The summed E-state index contributed by atoms with van der Waals surface area (Å²) >= 11 is 3.31. The van der Waals surface area contributed by atoms with Crippen molar-refractivity contribution in [2.75, 3.05) is 10.6 Å². The molecule has 0 aromatic heterocycles. The monoisotopic (exact) mass is 346 g/mol. The third-order valence-corrected chi connectivity index (χ3v) is 3.55. The Kier molecular flexibility index (Phi) is 4.75. The molecule has 108 valence electrons. The van der Waals surface area contributed by atoms with Crippen molar-refractivity contribution in [3.63, 3.8) is 0 Å². The van der Waals surface area contributed by atoms with Crippen LogP contribution in [0.4, 0.5) is 11.4 Å². The van der Waals surface area contributed by atoms with E-state index in [4.69, 9.17) is 0 Å². The quantitative estimate of drug-likeness (QED) is 0.815. The van der Waals surface area contributed by atoms with E-state index in [-0.39, 0.29) is 0 Å². The fourth-order valence-electron chi connectivity index (χ4n) is 1.76. The first-order valence-corrected chi connectivity index (χ1v) is 7.20. The first-order valence-electron chi connectivity index (χ1n) is 6.41. The van der Waals surface area contributed by atoms with E-state index in [1.165, 1.54) is 0 Å². The molecule has 0 radical (unpaired) electrons. The van der Waals surface area contributed by atoms with Gasteiger partial charge in [0.25, 0.3) is 0 Å². The molecule has 2 aromatic rings. The summed E-state index contributed by atoms with van der Waals surface area (Å²) in [5.74, 6) is -1.40. The summed E-state index contributed by atoms with van der Waals surface area (Å²) in [7, 11) is 0. The normalized spacial score (nSPS) is 10.0. The molecule has 4 nitrogen and oxygen atoms in total. The number of carbonyl (C=O) groups is 2. The van der Waals surface area contributed by atoms with Gasteiger partial charge in [0.2, 0.25) is 0 Å². The van der Waals surface area contributed by atoms with Crippen molar-refractivity contribution in [1.82, 2.24) is 0 Å². The van der Waals surface area contributed by atoms with Crippen LogP contribution in [-0.4, -0.2) is 11.8 Å². The maximum atomic E-state index is 11.9. The lowest BCUT2D eigenvalue weighted by Gasteiger charge is -2.08. The topological polar surface area (TPSA) is 58.2 Å². The van der Waals surface area contributed by atoms with Crippen LogP contribution in [0.1, 0.15) is 11.1 Å². The van der Waals surface area contributed by atoms with Gasteiger partial charge in [-0.05, 0) is 55.3 Å². The second-order valence-corrected chi connectivity index (χ2v) is 5.63. The predicted molar refractivity (Wildman–Crippen MR) is 87.3 cm³/mol. The number of hydrogen-bond acceptors (Lipinski definition) is 2. The average molecular weight is 347 g/mol. The first kappa shape index (κ1) is 15.3. The molecular formula is C16H15BrN2O2. The molecule has 0 bridgehead atoms. The van der Waals surface area contributed by atoms with Crippen LogP contribution in [0.2, 0.25) is 0 Å². The molecule has 0 aliphatic carbocycles. The van der Waals surface area contributed by atoms with Gasteiger partial charge < -0.3 is 10.6 Å². The molecule has 0 spiro atoms. The van der Waals surface area contributed by atoms with Crippen LogP contribution in [0.15, 0.2) is 46.9 Å². The second kappa shape index (κ2) is 6.54. The van der Waals surface area contributed by atoms with Crippen molar-refractivity contribution in [1.29, 1.82) is 0 Å². The molecule has 0 aliphatic heterocycles. The number of aryl methyl sites for hydroxylation is 2. The molecule has 0 saturated carbocycles. The summed E-state index contributed by atoms with van der Waals surface area (Å²) in [5.41, 5.74) is 3.35. The third-order valence-electron chi connectivity index (χ3n) is 3.05. The van der Waals surface area contributed by atoms with Gasteiger partial charge in [-0.2, -0.15) is 0 Å². The second-order valence-electron chi connectivity index (χ2n) is 4.72. The molecule has 0 fully saturated rings. The number of benzene rings is 2. The number of amides is 2. The molecule has 0 unspecified atom stereocenters. The Balaban J connectivity index is 2.02. The maximum absolute atomic E-state index is 11.9. The van der Waals surface area contributed by atoms with Crippen molar-refractivity contribution in [3.05, 3.63) is 58.1 Å². The molecule has 2 aromatic carbocycles. The number of nitrogens with one attached hydrogen (secondary N) is 2. The highest BCUT2D eigenvalue weighted by atomic mass is 79.9. The summed E-state index contributed by atoms with van der Waals surface area (Å²) < 4.78 is 0.829. The highest BCUT2D eigenvalue weighted by molar-refractivity contribution is 9.10. The number of carbonyl (C=O) groups excluding carboxylic acids is 2. The smallest absolute Gasteiger partial charge is 0.314 e. The Morgan fingerprint density at radius 3 is 2.05 bits per heavy atom. The van der Waals surface area contributed by atoms with Crippen molar-refractivity contribution < 1.29 is 9.59 Å². The lowest BCUT2D eigenvalue weighted by molar-refractivity contribution is -0.132. The zero-order chi connectivity index (χ0) is 15.4. The molecule has 0 saturated heterocycles. The molecule has 2 rings (SSSR count). The zero-order valence-corrected chi connectivity index (χ0v) is 13.3. The summed E-state index contributed by atoms with van der Waals surface area (Å²) in [5, 5.41) is 5.13. The van der Waals surface area contributed by atoms with Crippen molar-refractivity contribution in [3.8, 4) is 0 Å². The minimum absolute atomic E-state index is 0.560. The SMILES string of the molecule is Cc1ccc(NC(=O)C(=O)Nc2cccc(Br)c2)cc1C. The molecule has 2 amide bonds. The summed E-state index contributed by atoms with van der Waals surface area (Å²) in [6.45, 7) is 3.94. The summed E-state index contributed by atoms with van der Waals surface area (Å²) in [4.78, 5) is 23.7. The van der Waals surface area contributed by atoms with Gasteiger partial charge in [-0.1, -0.05) is 28.1 Å². The van der Waals surface area contributed by atoms with Gasteiger partial charge in [-0.15, -0.1) is 0 Å². The molecular weight excluding hydrogens is 332 g/mol. The van der Waals surface area contributed by atoms with E-state index in [1.54, 1.807) is 24.3 Å². The minimum atomic E-state index is -0.702. The van der Waals surface area contributed by atoms with Crippen LogP contribution in [0.25, 0.3) is 0 Å². The van der Waals surface area contributed by atoms with E-state index >= 15 is 0 Å². The third kappa shape index (κ3) is 4.16. The Morgan fingerprint density at radius 1 is 0.857 bits per heavy atom. The van der Waals surface area contributed by atoms with Crippen LogP contribution in [0.5, 0.6) is 0 Å². The largest absolute Gasteiger partial charge is 0.318 e. The molecule has 0 aliphatic rings. The molecule has 0 heterocycles. The van der Waals surface area contributed by atoms with Gasteiger partial charge >= 0.3 is 11.8 Å². The van der Waals surface area contributed by atoms with E-state index in [0.29, 0.717) is 11.4 Å². The van der Waals surface area contributed by atoms with Crippen LogP contribution in [0, 0.1) is 13.8 Å². The van der Waals surface area contributed by atoms with E-state index in [2.05, 4.69) is 26.6 Å². The number of hydrogen-bond donors (Lipinski definition) is 2. The van der Waals surface area contributed by atoms with Gasteiger partial charge in [0.05, 0.1) is 0 Å². The average Bonchev–Trinajstić information content (AvgIpc) is 2.43. The summed E-state index contributed by atoms with van der Waals surface area (Å²) in [6, 6.07) is 12.6. The molecule has 0 atom stereocenters. The summed E-state index contributed by atoms with van der Waals surface area (Å²) in [6.07, 6.45) is 0. The number of halogens is 1. The van der Waals surface area contributed by atoms with E-state index in [9.17, 15) is 9.59 Å². The van der Waals surface area contributed by atoms with Crippen molar-refractivity contribution in [2.45, 2.75) is 13.8 Å². The number of rotatable bonds is 2. The molecule has 21 heavy (non-hydrogen) atoms. The highest BCUT2D eigenvalue weighted by Crippen LogP contribution is 2.16. The number of anilines is 2. The van der Waals surface area contributed by atoms with Crippen LogP contribution < -0.4 is 10.6 Å². The van der Waals surface area contributed by atoms with Gasteiger partial charge in [0, 0.05) is 15.8 Å².